The first kappa shape index (κ1) is 16.4. The summed E-state index contributed by atoms with van der Waals surface area (Å²) in [6, 6.07) is 0.209. The number of aliphatic carboxylic acids is 1. The summed E-state index contributed by atoms with van der Waals surface area (Å²) in [6.07, 6.45) is 6.17. The molecule has 0 aliphatic carbocycles. The molecule has 0 unspecified atom stereocenters. The number of carboxylic acid groups (broad SMARTS) is 1. The third kappa shape index (κ3) is 13.3. The summed E-state index contributed by atoms with van der Waals surface area (Å²) < 4.78 is 0. The molecule has 0 rings (SSSR count). The Morgan fingerprint density at radius 3 is 2.59 bits per heavy atom. The van der Waals surface area contributed by atoms with Crippen LogP contribution in [0.15, 0.2) is 0 Å². The Kier molecular flexibility index (Phi) is 11.4. The van der Waals surface area contributed by atoms with E-state index in [0.29, 0.717) is 0 Å². The Labute approximate surface area is 104 Å². The molecule has 0 aromatic carbocycles. The summed E-state index contributed by atoms with van der Waals surface area (Å²) in [5.41, 5.74) is 11.3. The molecular formula is C12H27N3O2. The summed E-state index contributed by atoms with van der Waals surface area (Å²) >= 11 is 0. The lowest BCUT2D eigenvalue weighted by molar-refractivity contribution is -0.137. The summed E-state index contributed by atoms with van der Waals surface area (Å²) in [4.78, 5) is 10.3. The molecule has 0 amide bonds. The molecule has 0 aliphatic rings. The molecule has 1 atom stereocenters. The normalized spacial score (nSPS) is 12.6. The van der Waals surface area contributed by atoms with Gasteiger partial charge in [0.1, 0.15) is 0 Å². The SMILES string of the molecule is NCCCC[C@H](N)CNCCCCCC(=O)O. The molecule has 5 nitrogen and oxygen atoms in total. The van der Waals surface area contributed by atoms with Gasteiger partial charge < -0.3 is 21.9 Å². The van der Waals surface area contributed by atoms with E-state index in [4.69, 9.17) is 16.6 Å². The zero-order valence-corrected chi connectivity index (χ0v) is 10.7. The number of hydrogen-bond donors (Lipinski definition) is 4. The number of nitrogens with one attached hydrogen (secondary N) is 1. The van der Waals surface area contributed by atoms with Crippen LogP contribution < -0.4 is 16.8 Å². The average Bonchev–Trinajstić information content (AvgIpc) is 2.28. The van der Waals surface area contributed by atoms with Gasteiger partial charge in [-0.1, -0.05) is 12.8 Å². The maximum atomic E-state index is 10.3. The van der Waals surface area contributed by atoms with Crippen molar-refractivity contribution in [3.63, 3.8) is 0 Å². The molecule has 0 aliphatic heterocycles. The highest BCUT2D eigenvalue weighted by molar-refractivity contribution is 5.66. The summed E-state index contributed by atoms with van der Waals surface area (Å²) in [7, 11) is 0. The van der Waals surface area contributed by atoms with Crippen LogP contribution in [0.4, 0.5) is 0 Å². The van der Waals surface area contributed by atoms with Crippen molar-refractivity contribution in [1.82, 2.24) is 5.32 Å². The Morgan fingerprint density at radius 1 is 1.18 bits per heavy atom. The Balaban J connectivity index is 3.13. The molecule has 0 fully saturated rings. The summed E-state index contributed by atoms with van der Waals surface area (Å²) in [5, 5.41) is 11.7. The van der Waals surface area contributed by atoms with Crippen LogP contribution in [0.3, 0.4) is 0 Å². The highest BCUT2D eigenvalue weighted by atomic mass is 16.4. The second-order valence-electron chi connectivity index (χ2n) is 4.45. The molecule has 17 heavy (non-hydrogen) atoms. The van der Waals surface area contributed by atoms with Gasteiger partial charge in [-0.3, -0.25) is 4.79 Å². The molecule has 6 N–H and O–H groups in total. The molecule has 0 aromatic heterocycles. The lowest BCUT2D eigenvalue weighted by Gasteiger charge is -2.12. The smallest absolute Gasteiger partial charge is 0.303 e. The Bertz CT molecular complexity index is 189. The van der Waals surface area contributed by atoms with Crippen molar-refractivity contribution >= 4 is 5.97 Å². The van der Waals surface area contributed by atoms with Crippen molar-refractivity contribution in [3.05, 3.63) is 0 Å². The number of carbonyl (C=O) groups is 1. The Hall–Kier alpha value is -0.650. The first-order chi connectivity index (χ1) is 8.16. The highest BCUT2D eigenvalue weighted by Crippen LogP contribution is 1.99. The zero-order chi connectivity index (χ0) is 12.9. The quantitative estimate of drug-likeness (QED) is 0.379. The van der Waals surface area contributed by atoms with Gasteiger partial charge in [-0.05, 0) is 38.8 Å². The van der Waals surface area contributed by atoms with E-state index in [9.17, 15) is 4.79 Å². The predicted molar refractivity (Wildman–Crippen MR) is 69.9 cm³/mol. The molecule has 5 heteroatoms. The lowest BCUT2D eigenvalue weighted by Crippen LogP contribution is -2.34. The second-order valence-corrected chi connectivity index (χ2v) is 4.45. The van der Waals surface area contributed by atoms with E-state index < -0.39 is 5.97 Å². The summed E-state index contributed by atoms with van der Waals surface area (Å²) in [5.74, 6) is -0.708. The molecule has 0 saturated carbocycles. The molecule has 0 saturated heterocycles. The van der Waals surface area contributed by atoms with E-state index in [1.807, 2.05) is 0 Å². The van der Waals surface area contributed by atoms with Crippen molar-refractivity contribution in [3.8, 4) is 0 Å². The zero-order valence-electron chi connectivity index (χ0n) is 10.7. The monoisotopic (exact) mass is 245 g/mol. The maximum Gasteiger partial charge on any atom is 0.303 e. The number of nitrogens with two attached hydrogens (primary N) is 2. The van der Waals surface area contributed by atoms with Crippen LogP contribution in [0.1, 0.15) is 44.9 Å². The largest absolute Gasteiger partial charge is 0.481 e. The van der Waals surface area contributed by atoms with Gasteiger partial charge in [0.2, 0.25) is 0 Å². The van der Waals surface area contributed by atoms with Crippen LogP contribution in [0.5, 0.6) is 0 Å². The number of unbranched alkanes of at least 4 members (excludes halogenated alkanes) is 3. The molecule has 0 radical (unpaired) electrons. The minimum atomic E-state index is -0.708. The lowest BCUT2D eigenvalue weighted by atomic mass is 10.1. The predicted octanol–water partition coefficient (Wildman–Crippen LogP) is 0.677. The molecule has 0 bridgehead atoms. The second kappa shape index (κ2) is 11.8. The van der Waals surface area contributed by atoms with E-state index in [1.165, 1.54) is 0 Å². The van der Waals surface area contributed by atoms with E-state index in [-0.39, 0.29) is 12.5 Å². The van der Waals surface area contributed by atoms with Crippen molar-refractivity contribution in [2.24, 2.45) is 11.5 Å². The Morgan fingerprint density at radius 2 is 1.94 bits per heavy atom. The highest BCUT2D eigenvalue weighted by Gasteiger charge is 2.01. The van der Waals surface area contributed by atoms with E-state index in [1.54, 1.807) is 0 Å². The van der Waals surface area contributed by atoms with Gasteiger partial charge in [0.15, 0.2) is 0 Å². The minimum absolute atomic E-state index is 0.209. The van der Waals surface area contributed by atoms with Gasteiger partial charge in [0.25, 0.3) is 0 Å². The van der Waals surface area contributed by atoms with Crippen molar-refractivity contribution in [1.29, 1.82) is 0 Å². The summed E-state index contributed by atoms with van der Waals surface area (Å²) in [6.45, 7) is 2.50. The van der Waals surface area contributed by atoms with Gasteiger partial charge in [-0.2, -0.15) is 0 Å². The molecule has 0 heterocycles. The first-order valence-corrected chi connectivity index (χ1v) is 6.55. The number of hydrogen-bond acceptors (Lipinski definition) is 4. The number of rotatable bonds is 12. The standard InChI is InChI=1S/C12H27N3O2/c13-8-4-3-6-11(14)10-15-9-5-1-2-7-12(16)17/h11,15H,1-10,13-14H2,(H,16,17)/t11-/m0/s1. The van der Waals surface area contributed by atoms with Crippen LogP contribution in [0.25, 0.3) is 0 Å². The van der Waals surface area contributed by atoms with Crippen LogP contribution >= 0.6 is 0 Å². The van der Waals surface area contributed by atoms with Crippen LogP contribution in [0, 0.1) is 0 Å². The number of carboxylic acids is 1. The van der Waals surface area contributed by atoms with Gasteiger partial charge in [-0.25, -0.2) is 0 Å². The molecule has 0 aromatic rings. The fraction of sp³-hybridized carbons (Fsp3) is 0.917. The van der Waals surface area contributed by atoms with Crippen molar-refractivity contribution in [2.45, 2.75) is 51.0 Å². The first-order valence-electron chi connectivity index (χ1n) is 6.55. The van der Waals surface area contributed by atoms with Gasteiger partial charge >= 0.3 is 5.97 Å². The van der Waals surface area contributed by atoms with Crippen LogP contribution in [-0.2, 0) is 4.79 Å². The third-order valence-electron chi connectivity index (χ3n) is 2.68. The third-order valence-corrected chi connectivity index (χ3v) is 2.68. The minimum Gasteiger partial charge on any atom is -0.481 e. The molecular weight excluding hydrogens is 218 g/mol. The van der Waals surface area contributed by atoms with E-state index in [2.05, 4.69) is 5.32 Å². The van der Waals surface area contributed by atoms with E-state index in [0.717, 1.165) is 58.2 Å². The fourth-order valence-corrected chi connectivity index (χ4v) is 1.64. The van der Waals surface area contributed by atoms with Gasteiger partial charge in [0.05, 0.1) is 0 Å². The van der Waals surface area contributed by atoms with Gasteiger partial charge in [-0.15, -0.1) is 0 Å². The van der Waals surface area contributed by atoms with Crippen LogP contribution in [0.2, 0.25) is 0 Å². The maximum absolute atomic E-state index is 10.3. The van der Waals surface area contributed by atoms with Crippen molar-refractivity contribution < 1.29 is 9.90 Å². The van der Waals surface area contributed by atoms with Gasteiger partial charge in [0, 0.05) is 19.0 Å². The van der Waals surface area contributed by atoms with E-state index >= 15 is 0 Å². The van der Waals surface area contributed by atoms with Crippen LogP contribution in [-0.4, -0.2) is 36.8 Å². The fourth-order valence-electron chi connectivity index (χ4n) is 1.64. The topological polar surface area (TPSA) is 101 Å². The molecule has 102 valence electrons. The average molecular weight is 245 g/mol. The van der Waals surface area contributed by atoms with Crippen molar-refractivity contribution in [2.75, 3.05) is 19.6 Å². The molecule has 0 spiro atoms.